The molecule has 0 unspecified atom stereocenters. The zero-order chi connectivity index (χ0) is 15.1. The van der Waals surface area contributed by atoms with Gasteiger partial charge in [0.2, 0.25) is 0 Å². The van der Waals surface area contributed by atoms with Crippen molar-refractivity contribution >= 4 is 10.1 Å². The molecule has 0 bridgehead atoms. The quantitative estimate of drug-likeness (QED) is 0.582. The smallest absolute Gasteiger partial charge is 0.264 e. The average molecular weight is 306 g/mol. The van der Waals surface area contributed by atoms with Gasteiger partial charge >= 0.3 is 0 Å². The molecule has 0 radical (unpaired) electrons. The van der Waals surface area contributed by atoms with Crippen molar-refractivity contribution in [1.82, 2.24) is 0 Å². The van der Waals surface area contributed by atoms with Crippen LogP contribution in [0.3, 0.4) is 0 Å². The fraction of sp³-hybridized carbons (Fsp3) is 0.250. The summed E-state index contributed by atoms with van der Waals surface area (Å²) in [4.78, 5) is 0. The number of hydrogen-bond donors (Lipinski definition) is 0. The molecule has 0 spiro atoms. The summed E-state index contributed by atoms with van der Waals surface area (Å²) >= 11 is 0. The summed E-state index contributed by atoms with van der Waals surface area (Å²) in [5.41, 5.74) is 2.29. The van der Waals surface area contributed by atoms with Gasteiger partial charge in [-0.1, -0.05) is 42.5 Å². The molecule has 0 heterocycles. The van der Waals surface area contributed by atoms with Gasteiger partial charge in [-0.2, -0.15) is 8.42 Å². The third-order valence-electron chi connectivity index (χ3n) is 2.82. The van der Waals surface area contributed by atoms with Gasteiger partial charge in [-0.3, -0.25) is 4.18 Å². The van der Waals surface area contributed by atoms with Gasteiger partial charge in [-0.05, 0) is 23.3 Å². The first-order valence-corrected chi connectivity index (χ1v) is 8.49. The Morgan fingerprint density at radius 2 is 1.48 bits per heavy atom. The van der Waals surface area contributed by atoms with Gasteiger partial charge in [-0.15, -0.1) is 0 Å². The minimum absolute atomic E-state index is 0.140. The summed E-state index contributed by atoms with van der Waals surface area (Å²) in [5, 5.41) is 0. The fourth-order valence-electron chi connectivity index (χ4n) is 1.83. The molecule has 0 amide bonds. The Kier molecular flexibility index (Phi) is 5.36. The lowest BCUT2D eigenvalue weighted by molar-refractivity contribution is 0.252. The second kappa shape index (κ2) is 7.24. The predicted molar refractivity (Wildman–Crippen MR) is 82.8 cm³/mol. The summed E-state index contributed by atoms with van der Waals surface area (Å²) < 4.78 is 31.7. The highest BCUT2D eigenvalue weighted by Gasteiger charge is 2.01. The summed E-state index contributed by atoms with van der Waals surface area (Å²) in [6.45, 7) is 0.557. The maximum atomic E-state index is 10.8. The number of hydrogen-bond acceptors (Lipinski definition) is 4. The zero-order valence-electron chi connectivity index (χ0n) is 11.9. The number of benzene rings is 2. The Morgan fingerprint density at radius 1 is 0.857 bits per heavy atom. The molecule has 112 valence electrons. The van der Waals surface area contributed by atoms with Crippen molar-refractivity contribution in [2.45, 2.75) is 6.42 Å². The molecule has 0 aliphatic rings. The van der Waals surface area contributed by atoms with Crippen molar-refractivity contribution < 1.29 is 17.3 Å². The molecule has 21 heavy (non-hydrogen) atoms. The van der Waals surface area contributed by atoms with Crippen LogP contribution in [-0.4, -0.2) is 27.9 Å². The molecule has 0 aliphatic carbocycles. The molecule has 2 aromatic carbocycles. The maximum absolute atomic E-state index is 10.8. The van der Waals surface area contributed by atoms with E-state index in [-0.39, 0.29) is 6.61 Å². The second-order valence-electron chi connectivity index (χ2n) is 4.62. The molecule has 0 aromatic heterocycles. The minimum atomic E-state index is -3.36. The molecule has 0 saturated carbocycles. The topological polar surface area (TPSA) is 52.6 Å². The van der Waals surface area contributed by atoms with Crippen LogP contribution in [0.4, 0.5) is 0 Å². The van der Waals surface area contributed by atoms with Crippen LogP contribution in [0.1, 0.15) is 6.42 Å². The van der Waals surface area contributed by atoms with Crippen LogP contribution in [0.25, 0.3) is 11.1 Å². The van der Waals surface area contributed by atoms with Gasteiger partial charge < -0.3 is 4.74 Å². The van der Waals surface area contributed by atoms with Crippen molar-refractivity contribution in [1.29, 1.82) is 0 Å². The van der Waals surface area contributed by atoms with E-state index in [1.54, 1.807) is 0 Å². The molecule has 0 saturated heterocycles. The normalized spacial score (nSPS) is 11.3. The van der Waals surface area contributed by atoms with Crippen LogP contribution in [-0.2, 0) is 14.3 Å². The lowest BCUT2D eigenvalue weighted by Crippen LogP contribution is -2.07. The third kappa shape index (κ3) is 5.57. The zero-order valence-corrected chi connectivity index (χ0v) is 12.7. The highest BCUT2D eigenvalue weighted by atomic mass is 32.2. The van der Waals surface area contributed by atoms with Crippen molar-refractivity contribution in [2.24, 2.45) is 0 Å². The second-order valence-corrected chi connectivity index (χ2v) is 6.26. The van der Waals surface area contributed by atoms with E-state index in [0.717, 1.165) is 23.1 Å². The molecular weight excluding hydrogens is 288 g/mol. The summed E-state index contributed by atoms with van der Waals surface area (Å²) in [6.07, 6.45) is 1.56. The van der Waals surface area contributed by atoms with Gasteiger partial charge in [0.25, 0.3) is 10.1 Å². The van der Waals surface area contributed by atoms with Gasteiger partial charge in [-0.25, -0.2) is 0 Å². The van der Waals surface area contributed by atoms with E-state index >= 15 is 0 Å². The molecule has 0 fully saturated rings. The molecule has 5 heteroatoms. The average Bonchev–Trinajstić information content (AvgIpc) is 2.47. The summed E-state index contributed by atoms with van der Waals surface area (Å²) in [6, 6.07) is 17.9. The Morgan fingerprint density at radius 3 is 2.10 bits per heavy atom. The summed E-state index contributed by atoms with van der Waals surface area (Å²) in [7, 11) is -3.36. The van der Waals surface area contributed by atoms with Crippen LogP contribution < -0.4 is 4.74 Å². The van der Waals surface area contributed by atoms with Crippen molar-refractivity contribution in [2.75, 3.05) is 19.5 Å². The number of rotatable bonds is 7. The van der Waals surface area contributed by atoms with E-state index in [1.165, 1.54) is 0 Å². The first kappa shape index (κ1) is 15.5. The van der Waals surface area contributed by atoms with Crippen LogP contribution in [0.2, 0.25) is 0 Å². The molecule has 0 N–H and O–H groups in total. The fourth-order valence-corrected chi connectivity index (χ4v) is 2.25. The monoisotopic (exact) mass is 306 g/mol. The van der Waals surface area contributed by atoms with E-state index in [4.69, 9.17) is 4.74 Å². The Labute approximate surface area is 125 Å². The molecule has 0 atom stereocenters. The van der Waals surface area contributed by atoms with Crippen LogP contribution in [0.15, 0.2) is 54.6 Å². The largest absolute Gasteiger partial charge is 0.494 e. The van der Waals surface area contributed by atoms with Gasteiger partial charge in [0, 0.05) is 6.42 Å². The first-order chi connectivity index (χ1) is 10.0. The van der Waals surface area contributed by atoms with E-state index in [9.17, 15) is 8.42 Å². The van der Waals surface area contributed by atoms with E-state index in [2.05, 4.69) is 16.3 Å². The van der Waals surface area contributed by atoms with E-state index in [1.807, 2.05) is 42.5 Å². The van der Waals surface area contributed by atoms with Crippen LogP contribution in [0, 0.1) is 0 Å². The number of ether oxygens (including phenoxy) is 1. The van der Waals surface area contributed by atoms with Crippen LogP contribution >= 0.6 is 0 Å². The molecule has 2 rings (SSSR count). The standard InChI is InChI=1S/C16H18O4S/c1-21(17,18)20-13-5-12-19-16-10-8-15(9-11-16)14-6-3-2-4-7-14/h2-4,6-11H,5,12-13H2,1H3. The Bertz CT molecular complexity index is 648. The van der Waals surface area contributed by atoms with Crippen molar-refractivity contribution in [3.8, 4) is 16.9 Å². The van der Waals surface area contributed by atoms with Gasteiger partial charge in [0.1, 0.15) is 5.75 Å². The minimum Gasteiger partial charge on any atom is -0.494 e. The third-order valence-corrected chi connectivity index (χ3v) is 3.41. The van der Waals surface area contributed by atoms with Gasteiger partial charge in [0.15, 0.2) is 0 Å². The van der Waals surface area contributed by atoms with Crippen molar-refractivity contribution in [3.05, 3.63) is 54.6 Å². The predicted octanol–water partition coefficient (Wildman–Crippen LogP) is 3.10. The van der Waals surface area contributed by atoms with Crippen molar-refractivity contribution in [3.63, 3.8) is 0 Å². The highest BCUT2D eigenvalue weighted by Crippen LogP contribution is 2.22. The first-order valence-electron chi connectivity index (χ1n) is 6.67. The lowest BCUT2D eigenvalue weighted by Gasteiger charge is -2.07. The van der Waals surface area contributed by atoms with Gasteiger partial charge in [0.05, 0.1) is 19.5 Å². The molecule has 0 aliphatic heterocycles. The molecule has 4 nitrogen and oxygen atoms in total. The highest BCUT2D eigenvalue weighted by molar-refractivity contribution is 7.85. The Hall–Kier alpha value is -1.85. The van der Waals surface area contributed by atoms with Crippen LogP contribution in [0.5, 0.6) is 5.75 Å². The maximum Gasteiger partial charge on any atom is 0.264 e. The van der Waals surface area contributed by atoms with E-state index < -0.39 is 10.1 Å². The van der Waals surface area contributed by atoms with E-state index in [0.29, 0.717) is 13.0 Å². The summed E-state index contributed by atoms with van der Waals surface area (Å²) in [5.74, 6) is 0.758. The molecule has 2 aromatic rings. The lowest BCUT2D eigenvalue weighted by atomic mass is 10.1. The SMILES string of the molecule is CS(=O)(=O)OCCCOc1ccc(-c2ccccc2)cc1. The Balaban J connectivity index is 1.81. The molecular formula is C16H18O4S.